The van der Waals surface area contributed by atoms with Gasteiger partial charge < -0.3 is 25.5 Å². The molecular formula is C24H24ClN5O2. The summed E-state index contributed by atoms with van der Waals surface area (Å²) in [6.07, 6.45) is 4.52. The number of aliphatic hydroxyl groups excluding tert-OH is 1. The maximum absolute atomic E-state index is 11.2. The molecule has 8 heteroatoms. The molecule has 1 unspecified atom stereocenters. The Hall–Kier alpha value is -3.13. The van der Waals surface area contributed by atoms with E-state index < -0.39 is 6.10 Å². The predicted molar refractivity (Wildman–Crippen MR) is 125 cm³/mol. The van der Waals surface area contributed by atoms with Crippen molar-refractivity contribution < 1.29 is 9.84 Å². The Kier molecular flexibility index (Phi) is 5.94. The third kappa shape index (κ3) is 4.27. The summed E-state index contributed by atoms with van der Waals surface area (Å²) in [7, 11) is 0. The van der Waals surface area contributed by atoms with Crippen molar-refractivity contribution in [1.29, 1.82) is 0 Å². The Balaban J connectivity index is 1.43. The highest BCUT2D eigenvalue weighted by molar-refractivity contribution is 6.31. The number of H-pyrrole nitrogens is 1. The Morgan fingerprint density at radius 1 is 1.09 bits per heavy atom. The van der Waals surface area contributed by atoms with Gasteiger partial charge in [-0.3, -0.25) is 0 Å². The fraction of sp³-hybridized carbons (Fsp3) is 0.250. The van der Waals surface area contributed by atoms with E-state index in [2.05, 4.69) is 25.6 Å². The molecule has 0 amide bonds. The molecule has 0 aliphatic carbocycles. The average molecular weight is 450 g/mol. The van der Waals surface area contributed by atoms with Crippen LogP contribution < -0.4 is 15.4 Å². The zero-order valence-electron chi connectivity index (χ0n) is 17.4. The number of ether oxygens (including phenoxy) is 1. The first-order chi connectivity index (χ1) is 15.7. The summed E-state index contributed by atoms with van der Waals surface area (Å²) < 4.78 is 5.85. The molecule has 164 valence electrons. The smallest absolute Gasteiger partial charge is 0.143 e. The molecular weight excluding hydrogens is 426 g/mol. The van der Waals surface area contributed by atoms with Gasteiger partial charge in [-0.2, -0.15) is 0 Å². The van der Waals surface area contributed by atoms with Gasteiger partial charge >= 0.3 is 0 Å². The van der Waals surface area contributed by atoms with Crippen LogP contribution in [0.3, 0.4) is 0 Å². The summed E-state index contributed by atoms with van der Waals surface area (Å²) >= 11 is 6.55. The number of rotatable bonds is 6. The minimum absolute atomic E-state index is 0.278. The lowest BCUT2D eigenvalue weighted by atomic mass is 10.0. The van der Waals surface area contributed by atoms with Crippen LogP contribution in [0.1, 0.15) is 30.1 Å². The number of nitrogens with one attached hydrogen (secondary N) is 3. The van der Waals surface area contributed by atoms with E-state index >= 15 is 0 Å². The Morgan fingerprint density at radius 3 is 2.75 bits per heavy atom. The minimum atomic E-state index is -0.946. The lowest BCUT2D eigenvalue weighted by Crippen LogP contribution is -2.38. The fourth-order valence-electron chi connectivity index (χ4n) is 4.07. The van der Waals surface area contributed by atoms with Crippen molar-refractivity contribution in [3.8, 4) is 11.5 Å². The predicted octanol–water partition coefficient (Wildman–Crippen LogP) is 4.65. The van der Waals surface area contributed by atoms with Crippen LogP contribution >= 0.6 is 11.6 Å². The molecule has 2 aromatic heterocycles. The highest BCUT2D eigenvalue weighted by Gasteiger charge is 2.23. The number of aromatic amines is 1. The molecule has 4 N–H and O–H groups in total. The number of nitrogens with zero attached hydrogens (tertiary/aromatic N) is 2. The third-order valence-electron chi connectivity index (χ3n) is 5.68. The van der Waals surface area contributed by atoms with Gasteiger partial charge in [0.2, 0.25) is 0 Å². The first kappa shape index (κ1) is 20.8. The summed E-state index contributed by atoms with van der Waals surface area (Å²) in [5, 5.41) is 19.3. The van der Waals surface area contributed by atoms with E-state index in [0.717, 1.165) is 37.1 Å². The van der Waals surface area contributed by atoms with Crippen molar-refractivity contribution in [3.63, 3.8) is 0 Å². The van der Waals surface area contributed by atoms with Crippen LogP contribution in [-0.4, -0.2) is 39.2 Å². The van der Waals surface area contributed by atoms with Crippen LogP contribution in [0.5, 0.6) is 11.5 Å². The highest BCUT2D eigenvalue weighted by Crippen LogP contribution is 2.37. The Labute approximate surface area is 190 Å². The second kappa shape index (κ2) is 9.16. The Morgan fingerprint density at radius 2 is 1.97 bits per heavy atom. The molecule has 1 fully saturated rings. The number of aliphatic hydroxyl groups is 1. The number of hydrogen-bond acceptors (Lipinski definition) is 6. The molecule has 1 aliphatic rings. The van der Waals surface area contributed by atoms with E-state index in [0.29, 0.717) is 33.4 Å². The summed E-state index contributed by atoms with van der Waals surface area (Å²) in [4.78, 5) is 11.9. The van der Waals surface area contributed by atoms with E-state index in [1.165, 1.54) is 6.33 Å². The number of hydrogen-bond donors (Lipinski definition) is 4. The van der Waals surface area contributed by atoms with Gasteiger partial charge in [-0.05, 0) is 43.7 Å². The van der Waals surface area contributed by atoms with Crippen molar-refractivity contribution in [3.05, 3.63) is 77.2 Å². The summed E-state index contributed by atoms with van der Waals surface area (Å²) in [5.41, 5.74) is 1.92. The maximum atomic E-state index is 11.2. The maximum Gasteiger partial charge on any atom is 0.143 e. The molecule has 3 heterocycles. The number of piperidine rings is 1. The van der Waals surface area contributed by atoms with E-state index in [4.69, 9.17) is 16.3 Å². The number of aromatic nitrogens is 3. The number of anilines is 1. The molecule has 2 aromatic carbocycles. The van der Waals surface area contributed by atoms with Gasteiger partial charge in [-0.1, -0.05) is 35.9 Å². The topological polar surface area (TPSA) is 95.1 Å². The lowest BCUT2D eigenvalue weighted by molar-refractivity contribution is 0.222. The van der Waals surface area contributed by atoms with E-state index in [1.54, 1.807) is 24.4 Å². The van der Waals surface area contributed by atoms with E-state index in [9.17, 15) is 5.11 Å². The van der Waals surface area contributed by atoms with Gasteiger partial charge in [-0.25, -0.2) is 9.97 Å². The molecule has 0 radical (unpaired) electrons. The van der Waals surface area contributed by atoms with Gasteiger partial charge in [0, 0.05) is 29.9 Å². The molecule has 0 bridgehead atoms. The fourth-order valence-corrected chi connectivity index (χ4v) is 4.34. The second-order valence-corrected chi connectivity index (χ2v) is 8.29. The molecule has 7 nitrogen and oxygen atoms in total. The van der Waals surface area contributed by atoms with Gasteiger partial charge in [0.05, 0.1) is 10.4 Å². The average Bonchev–Trinajstić information content (AvgIpc) is 3.26. The number of benzene rings is 2. The zero-order valence-corrected chi connectivity index (χ0v) is 18.1. The van der Waals surface area contributed by atoms with Crippen LogP contribution in [0.4, 0.5) is 5.82 Å². The molecule has 4 aromatic rings. The van der Waals surface area contributed by atoms with Crippen molar-refractivity contribution in [2.45, 2.75) is 25.0 Å². The largest absolute Gasteiger partial charge is 0.457 e. The normalized spacial score (nSPS) is 17.2. The molecule has 32 heavy (non-hydrogen) atoms. The van der Waals surface area contributed by atoms with Crippen LogP contribution in [-0.2, 0) is 0 Å². The zero-order chi connectivity index (χ0) is 21.9. The second-order valence-electron chi connectivity index (χ2n) is 7.88. The molecule has 1 aliphatic heterocycles. The highest BCUT2D eigenvalue weighted by atomic mass is 35.5. The first-order valence-electron chi connectivity index (χ1n) is 10.7. The summed E-state index contributed by atoms with van der Waals surface area (Å²) in [6.45, 7) is 1.91. The van der Waals surface area contributed by atoms with Crippen LogP contribution in [0.25, 0.3) is 11.0 Å². The van der Waals surface area contributed by atoms with Gasteiger partial charge in [0.1, 0.15) is 35.4 Å². The third-order valence-corrected chi connectivity index (χ3v) is 6.01. The minimum Gasteiger partial charge on any atom is -0.457 e. The van der Waals surface area contributed by atoms with E-state index in [-0.39, 0.29) is 6.04 Å². The SMILES string of the molecule is OC(c1ccc(Oc2ccccc2)cc1Cl)c1c[nH]c2ncnc(N[C@@H]3CCCNC3)c12. The first-order valence-corrected chi connectivity index (χ1v) is 11.1. The van der Waals surface area contributed by atoms with E-state index in [1.807, 2.05) is 30.3 Å². The van der Waals surface area contributed by atoms with Gasteiger partial charge in [-0.15, -0.1) is 0 Å². The molecule has 5 rings (SSSR count). The van der Waals surface area contributed by atoms with Crippen molar-refractivity contribution >= 4 is 28.5 Å². The molecule has 2 atom stereocenters. The lowest BCUT2D eigenvalue weighted by Gasteiger charge is -2.24. The number of fused-ring (bicyclic) bond motifs is 1. The van der Waals surface area contributed by atoms with Crippen molar-refractivity contribution in [2.75, 3.05) is 18.4 Å². The van der Waals surface area contributed by atoms with Crippen LogP contribution in [0.15, 0.2) is 61.1 Å². The summed E-state index contributed by atoms with van der Waals surface area (Å²) in [5.74, 6) is 2.03. The number of para-hydroxylation sites is 1. The van der Waals surface area contributed by atoms with Gasteiger partial charge in [0.25, 0.3) is 0 Å². The van der Waals surface area contributed by atoms with Crippen LogP contribution in [0, 0.1) is 0 Å². The number of halogens is 1. The molecule has 1 saturated heterocycles. The van der Waals surface area contributed by atoms with Crippen molar-refractivity contribution in [1.82, 2.24) is 20.3 Å². The van der Waals surface area contributed by atoms with Gasteiger partial charge in [0.15, 0.2) is 0 Å². The standard InChI is InChI=1S/C24H24ClN5O2/c25-20-11-17(32-16-6-2-1-3-7-16)8-9-18(20)22(31)19-13-27-23-21(19)24(29-14-28-23)30-15-5-4-10-26-12-15/h1-3,6-9,11,13-15,22,26,31H,4-5,10,12H2,(H2,27,28,29,30)/t15-,22?/m1/s1. The Bertz CT molecular complexity index is 1210. The summed E-state index contributed by atoms with van der Waals surface area (Å²) in [6, 6.07) is 15.1. The quantitative estimate of drug-likeness (QED) is 0.342. The molecule has 0 saturated carbocycles. The van der Waals surface area contributed by atoms with Crippen LogP contribution in [0.2, 0.25) is 5.02 Å². The monoisotopic (exact) mass is 449 g/mol. The molecule has 0 spiro atoms. The van der Waals surface area contributed by atoms with Crippen molar-refractivity contribution in [2.24, 2.45) is 0 Å².